The lowest BCUT2D eigenvalue weighted by Crippen LogP contribution is -2.38. The molecule has 0 heterocycles. The van der Waals surface area contributed by atoms with Crippen LogP contribution in [0.25, 0.3) is 0 Å². The van der Waals surface area contributed by atoms with Gasteiger partial charge in [-0.2, -0.15) is 0 Å². The van der Waals surface area contributed by atoms with Gasteiger partial charge < -0.3 is 9.84 Å². The van der Waals surface area contributed by atoms with E-state index in [-0.39, 0.29) is 18.1 Å². The fourth-order valence-electron chi connectivity index (χ4n) is 2.05. The minimum absolute atomic E-state index is 0.0362. The maximum Gasteiger partial charge on any atom is 0.303 e. The molecule has 0 aliphatic heterocycles. The number of ether oxygens (including phenoxy) is 1. The first kappa shape index (κ1) is 13.2. The number of hydrogen-bond donors (Lipinski definition) is 1. The third-order valence-corrected chi connectivity index (χ3v) is 2.79. The molecule has 0 aromatic heterocycles. The average molecular weight is 228 g/mol. The lowest BCUT2D eigenvalue weighted by Gasteiger charge is -2.29. The van der Waals surface area contributed by atoms with Crippen molar-refractivity contribution < 1.29 is 19.4 Å². The molecule has 0 amide bonds. The van der Waals surface area contributed by atoms with Crippen molar-refractivity contribution in [3.8, 4) is 0 Å². The largest absolute Gasteiger partial charge is 0.481 e. The van der Waals surface area contributed by atoms with E-state index < -0.39 is 12.1 Å². The van der Waals surface area contributed by atoms with Gasteiger partial charge in [0, 0.05) is 18.9 Å². The first-order chi connectivity index (χ1) is 7.50. The smallest absolute Gasteiger partial charge is 0.303 e. The van der Waals surface area contributed by atoms with Crippen molar-refractivity contribution >= 4 is 11.8 Å². The van der Waals surface area contributed by atoms with Gasteiger partial charge in [-0.05, 0) is 18.8 Å². The Morgan fingerprint density at radius 3 is 2.81 bits per heavy atom. The van der Waals surface area contributed by atoms with Crippen LogP contribution in [0, 0.1) is 11.8 Å². The number of carboxylic acid groups (broad SMARTS) is 1. The molecule has 0 spiro atoms. The topological polar surface area (TPSA) is 63.6 Å². The van der Waals surface area contributed by atoms with Crippen LogP contribution in [0.5, 0.6) is 0 Å². The fraction of sp³-hybridized carbons (Fsp3) is 0.833. The summed E-state index contributed by atoms with van der Waals surface area (Å²) in [5.41, 5.74) is 0. The standard InChI is InChI=1S/C12H20O4/c1-8(2)7-16-12-9(6-11(14)15)4-3-5-10(12)13/h8-9,12H,3-7H2,1-2H3,(H,14,15)/t9-,12-/m0/s1. The van der Waals surface area contributed by atoms with Gasteiger partial charge >= 0.3 is 5.97 Å². The third-order valence-electron chi connectivity index (χ3n) is 2.79. The lowest BCUT2D eigenvalue weighted by molar-refractivity contribution is -0.145. The molecular weight excluding hydrogens is 208 g/mol. The summed E-state index contributed by atoms with van der Waals surface area (Å²) in [5.74, 6) is -0.561. The van der Waals surface area contributed by atoms with Crippen molar-refractivity contribution in [2.24, 2.45) is 11.8 Å². The van der Waals surface area contributed by atoms with Crippen molar-refractivity contribution in [3.63, 3.8) is 0 Å². The summed E-state index contributed by atoms with van der Waals surface area (Å²) in [6, 6.07) is 0. The normalized spacial score (nSPS) is 26.1. The van der Waals surface area contributed by atoms with E-state index in [1.165, 1.54) is 0 Å². The predicted octanol–water partition coefficient (Wildman–Crippen LogP) is 1.87. The van der Waals surface area contributed by atoms with Gasteiger partial charge in [-0.15, -0.1) is 0 Å². The zero-order valence-electron chi connectivity index (χ0n) is 9.94. The molecule has 1 N–H and O–H groups in total. The Bertz CT molecular complexity index is 260. The SMILES string of the molecule is CC(C)CO[C@@H]1C(=O)CCC[C@H]1CC(=O)O. The highest BCUT2D eigenvalue weighted by Crippen LogP contribution is 2.27. The molecule has 92 valence electrons. The Hall–Kier alpha value is -0.900. The Morgan fingerprint density at radius 2 is 2.25 bits per heavy atom. The van der Waals surface area contributed by atoms with Crippen molar-refractivity contribution in [1.82, 2.24) is 0 Å². The first-order valence-electron chi connectivity index (χ1n) is 5.86. The van der Waals surface area contributed by atoms with Crippen molar-refractivity contribution in [2.45, 2.75) is 45.6 Å². The molecule has 2 atom stereocenters. The number of rotatable bonds is 5. The van der Waals surface area contributed by atoms with Crippen LogP contribution < -0.4 is 0 Å². The molecular formula is C12H20O4. The molecule has 1 saturated carbocycles. The second kappa shape index (κ2) is 5.99. The third kappa shape index (κ3) is 3.93. The molecule has 0 aromatic carbocycles. The van der Waals surface area contributed by atoms with E-state index in [9.17, 15) is 9.59 Å². The van der Waals surface area contributed by atoms with Gasteiger partial charge in [-0.1, -0.05) is 13.8 Å². The molecule has 16 heavy (non-hydrogen) atoms. The molecule has 1 aliphatic carbocycles. The highest BCUT2D eigenvalue weighted by molar-refractivity contribution is 5.84. The second-order valence-electron chi connectivity index (χ2n) is 4.86. The molecule has 0 aromatic rings. The zero-order valence-corrected chi connectivity index (χ0v) is 9.94. The van der Waals surface area contributed by atoms with Crippen LogP contribution in [0.1, 0.15) is 39.5 Å². The van der Waals surface area contributed by atoms with Gasteiger partial charge in [-0.25, -0.2) is 0 Å². The number of Topliss-reactive ketones (excluding diaryl/α,β-unsaturated/α-hetero) is 1. The van der Waals surface area contributed by atoms with E-state index in [0.717, 1.165) is 12.8 Å². The Kier molecular flexibility index (Phi) is 4.93. The molecule has 1 fully saturated rings. The highest BCUT2D eigenvalue weighted by atomic mass is 16.5. The van der Waals surface area contributed by atoms with Crippen LogP contribution in [0.3, 0.4) is 0 Å². The maximum absolute atomic E-state index is 11.7. The molecule has 1 aliphatic rings. The minimum Gasteiger partial charge on any atom is -0.481 e. The summed E-state index contributed by atoms with van der Waals surface area (Å²) in [4.78, 5) is 22.4. The average Bonchev–Trinajstić information content (AvgIpc) is 2.15. The van der Waals surface area contributed by atoms with E-state index in [1.54, 1.807) is 0 Å². The summed E-state index contributed by atoms with van der Waals surface area (Å²) in [5, 5.41) is 8.78. The summed E-state index contributed by atoms with van der Waals surface area (Å²) in [6.45, 7) is 4.55. The van der Waals surface area contributed by atoms with Crippen LogP contribution in [-0.2, 0) is 14.3 Å². The number of aliphatic carboxylic acids is 1. The van der Waals surface area contributed by atoms with Crippen LogP contribution in [0.4, 0.5) is 0 Å². The fourth-order valence-corrected chi connectivity index (χ4v) is 2.05. The molecule has 0 radical (unpaired) electrons. The van der Waals surface area contributed by atoms with E-state index in [2.05, 4.69) is 0 Å². The summed E-state index contributed by atoms with van der Waals surface area (Å²) in [7, 11) is 0. The zero-order chi connectivity index (χ0) is 12.1. The second-order valence-corrected chi connectivity index (χ2v) is 4.86. The number of hydrogen-bond acceptors (Lipinski definition) is 3. The van der Waals surface area contributed by atoms with Crippen molar-refractivity contribution in [3.05, 3.63) is 0 Å². The molecule has 4 heteroatoms. The molecule has 0 saturated heterocycles. The Balaban J connectivity index is 2.56. The van der Waals surface area contributed by atoms with E-state index >= 15 is 0 Å². The van der Waals surface area contributed by atoms with Gasteiger partial charge in [0.05, 0.1) is 6.42 Å². The highest BCUT2D eigenvalue weighted by Gasteiger charge is 2.33. The summed E-state index contributed by atoms with van der Waals surface area (Å²) >= 11 is 0. The Labute approximate surface area is 96.0 Å². The minimum atomic E-state index is -0.849. The number of carboxylic acids is 1. The number of ketones is 1. The first-order valence-corrected chi connectivity index (χ1v) is 5.86. The van der Waals surface area contributed by atoms with Gasteiger partial charge in [0.15, 0.2) is 5.78 Å². The predicted molar refractivity (Wildman–Crippen MR) is 59.2 cm³/mol. The van der Waals surface area contributed by atoms with E-state index in [0.29, 0.717) is 18.9 Å². The lowest BCUT2D eigenvalue weighted by atomic mass is 9.83. The van der Waals surface area contributed by atoms with Gasteiger partial charge in [-0.3, -0.25) is 9.59 Å². The van der Waals surface area contributed by atoms with Crippen molar-refractivity contribution in [1.29, 1.82) is 0 Å². The van der Waals surface area contributed by atoms with Crippen LogP contribution >= 0.6 is 0 Å². The Morgan fingerprint density at radius 1 is 1.56 bits per heavy atom. The van der Waals surface area contributed by atoms with Crippen molar-refractivity contribution in [2.75, 3.05) is 6.61 Å². The summed E-state index contributed by atoms with van der Waals surface area (Å²) in [6.07, 6.45) is 1.64. The number of carbonyl (C=O) groups is 2. The van der Waals surface area contributed by atoms with Crippen LogP contribution in [-0.4, -0.2) is 29.6 Å². The summed E-state index contributed by atoms with van der Waals surface area (Å²) < 4.78 is 5.56. The van der Waals surface area contributed by atoms with Crippen LogP contribution in [0.2, 0.25) is 0 Å². The van der Waals surface area contributed by atoms with E-state index in [1.807, 2.05) is 13.8 Å². The van der Waals surface area contributed by atoms with E-state index in [4.69, 9.17) is 9.84 Å². The molecule has 0 unspecified atom stereocenters. The van der Waals surface area contributed by atoms with Gasteiger partial charge in [0.25, 0.3) is 0 Å². The molecule has 4 nitrogen and oxygen atoms in total. The molecule has 1 rings (SSSR count). The van der Waals surface area contributed by atoms with Gasteiger partial charge in [0.1, 0.15) is 6.10 Å². The number of carbonyl (C=O) groups excluding carboxylic acids is 1. The quantitative estimate of drug-likeness (QED) is 0.780. The van der Waals surface area contributed by atoms with Crippen LogP contribution in [0.15, 0.2) is 0 Å². The maximum atomic E-state index is 11.7. The monoisotopic (exact) mass is 228 g/mol. The molecule has 0 bridgehead atoms. The van der Waals surface area contributed by atoms with Gasteiger partial charge in [0.2, 0.25) is 0 Å².